The SMILES string of the molecule is COc1ccc(CC2N(C(=O)NCc3ccccc3)C/C(=C\c3ccccn3)C(=O)C2(C)C)cc1. The molecule has 1 unspecified atom stereocenters. The number of ether oxygens (including phenoxy) is 1. The lowest BCUT2D eigenvalue weighted by atomic mass is 9.71. The summed E-state index contributed by atoms with van der Waals surface area (Å²) in [5.74, 6) is 0.805. The van der Waals surface area contributed by atoms with E-state index in [1.54, 1.807) is 24.3 Å². The molecule has 180 valence electrons. The molecule has 1 fully saturated rings. The minimum absolute atomic E-state index is 0.0359. The highest BCUT2D eigenvalue weighted by Gasteiger charge is 2.47. The van der Waals surface area contributed by atoms with Crippen molar-refractivity contribution in [2.45, 2.75) is 32.9 Å². The Bertz CT molecular complexity index is 1190. The van der Waals surface area contributed by atoms with Crippen LogP contribution in [-0.2, 0) is 17.8 Å². The first-order chi connectivity index (χ1) is 16.9. The van der Waals surface area contributed by atoms with Gasteiger partial charge >= 0.3 is 6.03 Å². The first-order valence-electron chi connectivity index (χ1n) is 11.8. The first-order valence-corrected chi connectivity index (χ1v) is 11.8. The number of ketones is 1. The Morgan fingerprint density at radius 3 is 2.43 bits per heavy atom. The maximum atomic E-state index is 13.6. The summed E-state index contributed by atoms with van der Waals surface area (Å²) < 4.78 is 5.28. The van der Waals surface area contributed by atoms with Gasteiger partial charge in [-0.05, 0) is 47.9 Å². The van der Waals surface area contributed by atoms with Crippen LogP contribution in [0.5, 0.6) is 5.75 Å². The van der Waals surface area contributed by atoms with E-state index in [-0.39, 0.29) is 24.4 Å². The van der Waals surface area contributed by atoms with Crippen molar-refractivity contribution in [2.75, 3.05) is 13.7 Å². The third-order valence-corrected chi connectivity index (χ3v) is 6.57. The lowest BCUT2D eigenvalue weighted by Crippen LogP contribution is -2.60. The minimum Gasteiger partial charge on any atom is -0.497 e. The van der Waals surface area contributed by atoms with Crippen molar-refractivity contribution in [3.63, 3.8) is 0 Å². The summed E-state index contributed by atoms with van der Waals surface area (Å²) in [5, 5.41) is 3.05. The number of benzene rings is 2. The molecule has 6 heteroatoms. The van der Waals surface area contributed by atoms with Crippen LogP contribution in [0.4, 0.5) is 4.79 Å². The highest BCUT2D eigenvalue weighted by Crippen LogP contribution is 2.37. The van der Waals surface area contributed by atoms with Crippen molar-refractivity contribution >= 4 is 17.9 Å². The van der Waals surface area contributed by atoms with E-state index in [0.29, 0.717) is 24.2 Å². The van der Waals surface area contributed by atoms with Gasteiger partial charge in [-0.25, -0.2) is 4.79 Å². The number of urea groups is 1. The van der Waals surface area contributed by atoms with Crippen LogP contribution in [0.1, 0.15) is 30.7 Å². The van der Waals surface area contributed by atoms with Gasteiger partial charge in [0.25, 0.3) is 0 Å². The third kappa shape index (κ3) is 5.60. The molecule has 0 spiro atoms. The molecule has 1 aliphatic heterocycles. The average Bonchev–Trinajstić information content (AvgIpc) is 2.89. The Morgan fingerprint density at radius 1 is 1.06 bits per heavy atom. The molecule has 6 nitrogen and oxygen atoms in total. The summed E-state index contributed by atoms with van der Waals surface area (Å²) in [4.78, 5) is 33.3. The van der Waals surface area contributed by atoms with Crippen LogP contribution in [0.25, 0.3) is 6.08 Å². The molecular weight excluding hydrogens is 438 g/mol. The largest absolute Gasteiger partial charge is 0.497 e. The van der Waals surface area contributed by atoms with Gasteiger partial charge in [0.05, 0.1) is 25.4 Å². The number of methoxy groups -OCH3 is 1. The third-order valence-electron chi connectivity index (χ3n) is 6.57. The number of aromatic nitrogens is 1. The number of rotatable bonds is 6. The van der Waals surface area contributed by atoms with Gasteiger partial charge in [0.2, 0.25) is 0 Å². The zero-order valence-electron chi connectivity index (χ0n) is 20.4. The number of carbonyl (C=O) groups is 2. The molecule has 2 amide bonds. The maximum absolute atomic E-state index is 13.6. The van der Waals surface area contributed by atoms with Crippen LogP contribution in [-0.4, -0.2) is 41.4 Å². The Balaban J connectivity index is 1.64. The van der Waals surface area contributed by atoms with Gasteiger partial charge in [-0.3, -0.25) is 9.78 Å². The molecule has 4 rings (SSSR count). The predicted molar refractivity (Wildman–Crippen MR) is 137 cm³/mol. The summed E-state index contributed by atoms with van der Waals surface area (Å²) in [6, 6.07) is 22.6. The van der Waals surface area contributed by atoms with E-state index in [2.05, 4.69) is 10.3 Å². The van der Waals surface area contributed by atoms with Crippen molar-refractivity contribution in [3.05, 3.63) is 101 Å². The van der Waals surface area contributed by atoms with Gasteiger partial charge in [0.1, 0.15) is 5.75 Å². The molecule has 0 aliphatic carbocycles. The van der Waals surface area contributed by atoms with Gasteiger partial charge in [-0.1, -0.05) is 62.4 Å². The van der Waals surface area contributed by atoms with Crippen molar-refractivity contribution in [1.29, 1.82) is 0 Å². The number of nitrogens with zero attached hydrogens (tertiary/aromatic N) is 2. The molecule has 2 aromatic carbocycles. The lowest BCUT2D eigenvalue weighted by Gasteiger charge is -2.46. The molecule has 1 N–H and O–H groups in total. The Labute approximate surface area is 206 Å². The van der Waals surface area contributed by atoms with E-state index in [4.69, 9.17) is 4.74 Å². The zero-order valence-corrected chi connectivity index (χ0v) is 20.4. The van der Waals surface area contributed by atoms with Crippen molar-refractivity contribution in [2.24, 2.45) is 5.41 Å². The summed E-state index contributed by atoms with van der Waals surface area (Å²) in [6.45, 7) is 4.48. The van der Waals surface area contributed by atoms with Gasteiger partial charge in [0, 0.05) is 23.7 Å². The van der Waals surface area contributed by atoms with Crippen molar-refractivity contribution in [3.8, 4) is 5.75 Å². The maximum Gasteiger partial charge on any atom is 0.318 e. The first kappa shape index (κ1) is 24.2. The predicted octanol–water partition coefficient (Wildman–Crippen LogP) is 4.91. The van der Waals surface area contributed by atoms with Crippen LogP contribution in [0.2, 0.25) is 0 Å². The smallest absolute Gasteiger partial charge is 0.318 e. The Hall–Kier alpha value is -3.93. The van der Waals surface area contributed by atoms with E-state index >= 15 is 0 Å². The number of carbonyl (C=O) groups excluding carboxylic acids is 2. The molecule has 0 saturated carbocycles. The fraction of sp³-hybridized carbons (Fsp3) is 0.276. The average molecular weight is 470 g/mol. The topological polar surface area (TPSA) is 71.5 Å². The number of hydrogen-bond acceptors (Lipinski definition) is 4. The molecule has 2 heterocycles. The fourth-order valence-corrected chi connectivity index (χ4v) is 4.51. The van der Waals surface area contributed by atoms with Gasteiger partial charge in [-0.2, -0.15) is 0 Å². The molecule has 3 aromatic rings. The van der Waals surface area contributed by atoms with E-state index < -0.39 is 5.41 Å². The highest BCUT2D eigenvalue weighted by atomic mass is 16.5. The molecule has 1 aromatic heterocycles. The summed E-state index contributed by atoms with van der Waals surface area (Å²) in [7, 11) is 1.63. The lowest BCUT2D eigenvalue weighted by molar-refractivity contribution is -0.128. The summed E-state index contributed by atoms with van der Waals surface area (Å²) in [5.41, 5.74) is 2.54. The number of pyridine rings is 1. The van der Waals surface area contributed by atoms with Crippen LogP contribution in [0, 0.1) is 5.41 Å². The Morgan fingerprint density at radius 2 is 1.77 bits per heavy atom. The van der Waals surface area contributed by atoms with E-state index in [1.807, 2.05) is 86.6 Å². The summed E-state index contributed by atoms with van der Waals surface area (Å²) >= 11 is 0. The normalized spacial score (nSPS) is 18.4. The van der Waals surface area contributed by atoms with Gasteiger partial charge in [-0.15, -0.1) is 0 Å². The minimum atomic E-state index is -0.789. The zero-order chi connectivity index (χ0) is 24.8. The Kier molecular flexibility index (Phi) is 7.30. The second-order valence-electron chi connectivity index (χ2n) is 9.32. The summed E-state index contributed by atoms with van der Waals surface area (Å²) in [6.07, 6.45) is 4.05. The molecule has 0 radical (unpaired) electrons. The highest BCUT2D eigenvalue weighted by molar-refractivity contribution is 6.05. The van der Waals surface area contributed by atoms with Gasteiger partial charge < -0.3 is 15.0 Å². The molecule has 1 saturated heterocycles. The number of amides is 2. The monoisotopic (exact) mass is 469 g/mol. The van der Waals surface area contributed by atoms with E-state index in [0.717, 1.165) is 16.9 Å². The van der Waals surface area contributed by atoms with Crippen LogP contribution in [0.15, 0.2) is 84.6 Å². The quantitative estimate of drug-likeness (QED) is 0.521. The second-order valence-corrected chi connectivity index (χ2v) is 9.32. The molecule has 35 heavy (non-hydrogen) atoms. The van der Waals surface area contributed by atoms with Crippen LogP contribution >= 0.6 is 0 Å². The van der Waals surface area contributed by atoms with Gasteiger partial charge in [0.15, 0.2) is 5.78 Å². The van der Waals surface area contributed by atoms with Crippen LogP contribution in [0.3, 0.4) is 0 Å². The second kappa shape index (κ2) is 10.6. The molecule has 1 atom stereocenters. The molecular formula is C29H31N3O3. The van der Waals surface area contributed by atoms with E-state index in [9.17, 15) is 9.59 Å². The number of piperidine rings is 1. The number of likely N-dealkylation sites (tertiary alicyclic amines) is 1. The molecule has 0 bridgehead atoms. The number of nitrogens with one attached hydrogen (secondary N) is 1. The van der Waals surface area contributed by atoms with E-state index in [1.165, 1.54) is 0 Å². The van der Waals surface area contributed by atoms with Crippen LogP contribution < -0.4 is 10.1 Å². The van der Waals surface area contributed by atoms with Crippen molar-refractivity contribution < 1.29 is 14.3 Å². The standard InChI is InChI=1S/C29H31N3O3/c1-29(2)26(17-21-12-14-25(35-3)15-13-21)32(28(34)31-19-22-9-5-4-6-10-22)20-23(27(29)33)18-24-11-7-8-16-30-24/h4-16,18,26H,17,19-20H2,1-3H3,(H,31,34)/b23-18+. The number of Topliss-reactive ketones (excluding diaryl/α,β-unsaturated/α-hetero) is 1. The van der Waals surface area contributed by atoms with Crippen molar-refractivity contribution in [1.82, 2.24) is 15.2 Å². The number of hydrogen-bond donors (Lipinski definition) is 1. The fourth-order valence-electron chi connectivity index (χ4n) is 4.51. The molecule has 1 aliphatic rings.